The molecule has 0 saturated heterocycles. The van der Waals surface area contributed by atoms with Crippen LogP contribution in [0.2, 0.25) is 0 Å². The van der Waals surface area contributed by atoms with Crippen molar-refractivity contribution in [1.82, 2.24) is 15.8 Å². The first-order valence-corrected chi connectivity index (χ1v) is 7.25. The van der Waals surface area contributed by atoms with Gasteiger partial charge >= 0.3 is 0 Å². The number of carbonyl (C=O) groups is 2. The van der Waals surface area contributed by atoms with Crippen LogP contribution in [-0.4, -0.2) is 16.8 Å². The lowest BCUT2D eigenvalue weighted by Crippen LogP contribution is -2.41. The number of para-hydroxylation sites is 1. The molecule has 0 saturated carbocycles. The Morgan fingerprint density at radius 1 is 1.10 bits per heavy atom. The molecule has 21 heavy (non-hydrogen) atoms. The van der Waals surface area contributed by atoms with Crippen LogP contribution >= 0.6 is 11.3 Å². The molecule has 0 unspecified atom stereocenters. The first-order chi connectivity index (χ1) is 10.2. The molecule has 6 heteroatoms. The average molecular weight is 299 g/mol. The second-order valence-electron chi connectivity index (χ2n) is 4.59. The van der Waals surface area contributed by atoms with Crippen molar-refractivity contribution in [2.75, 3.05) is 0 Å². The highest BCUT2D eigenvalue weighted by Gasteiger charge is 2.14. The number of aromatic nitrogens is 1. The van der Waals surface area contributed by atoms with Crippen molar-refractivity contribution in [3.05, 3.63) is 57.9 Å². The number of aromatic amines is 1. The zero-order valence-electron chi connectivity index (χ0n) is 11.3. The highest BCUT2D eigenvalue weighted by atomic mass is 32.1. The van der Waals surface area contributed by atoms with Crippen LogP contribution in [0.15, 0.2) is 41.9 Å². The van der Waals surface area contributed by atoms with Crippen molar-refractivity contribution >= 4 is 34.1 Å². The van der Waals surface area contributed by atoms with E-state index in [0.29, 0.717) is 10.4 Å². The van der Waals surface area contributed by atoms with Gasteiger partial charge in [0.2, 0.25) is 0 Å². The van der Waals surface area contributed by atoms with Gasteiger partial charge in [0, 0.05) is 17.1 Å². The molecular weight excluding hydrogens is 286 g/mol. The van der Waals surface area contributed by atoms with E-state index in [2.05, 4.69) is 15.8 Å². The Morgan fingerprint density at radius 2 is 1.86 bits per heavy atom. The fourth-order valence-corrected chi connectivity index (χ4v) is 2.92. The Labute approximate surface area is 125 Å². The molecule has 2 heterocycles. The van der Waals surface area contributed by atoms with Gasteiger partial charge in [-0.15, -0.1) is 11.3 Å². The van der Waals surface area contributed by atoms with Crippen molar-refractivity contribution in [3.8, 4) is 0 Å². The van der Waals surface area contributed by atoms with E-state index in [1.165, 1.54) is 11.3 Å². The number of carbonyl (C=O) groups excluding carboxylic acids is 2. The number of nitrogens with one attached hydrogen (secondary N) is 3. The molecule has 0 aliphatic rings. The van der Waals surface area contributed by atoms with Crippen molar-refractivity contribution < 1.29 is 9.59 Å². The molecule has 0 spiro atoms. The van der Waals surface area contributed by atoms with Gasteiger partial charge in [0.1, 0.15) is 0 Å². The molecule has 0 aliphatic heterocycles. The Morgan fingerprint density at radius 3 is 2.62 bits per heavy atom. The van der Waals surface area contributed by atoms with Gasteiger partial charge in [0.05, 0.1) is 10.4 Å². The zero-order valence-corrected chi connectivity index (χ0v) is 12.1. The number of hydrazine groups is 1. The van der Waals surface area contributed by atoms with Crippen LogP contribution in [0.25, 0.3) is 10.9 Å². The highest BCUT2D eigenvalue weighted by molar-refractivity contribution is 7.12. The Balaban J connectivity index is 1.72. The van der Waals surface area contributed by atoms with Crippen molar-refractivity contribution in [2.45, 2.75) is 6.92 Å². The zero-order chi connectivity index (χ0) is 14.8. The molecule has 2 amide bonds. The smallest absolute Gasteiger partial charge is 0.280 e. The molecule has 1 aromatic carbocycles. The molecule has 0 bridgehead atoms. The molecule has 3 rings (SSSR count). The third kappa shape index (κ3) is 2.53. The summed E-state index contributed by atoms with van der Waals surface area (Å²) in [6.45, 7) is 1.85. The number of thiophene rings is 1. The number of hydrogen-bond donors (Lipinski definition) is 3. The van der Waals surface area contributed by atoms with Gasteiger partial charge in [-0.25, -0.2) is 0 Å². The van der Waals surface area contributed by atoms with Gasteiger partial charge in [-0.1, -0.05) is 18.2 Å². The molecule has 3 aromatic rings. The Kier molecular flexibility index (Phi) is 3.45. The third-order valence-electron chi connectivity index (χ3n) is 3.19. The second kappa shape index (κ2) is 5.41. The Hall–Kier alpha value is -2.60. The standard InChI is InChI=1S/C15H13N3O2S/c1-9-6-7-21-13(9)15(20)18-17-14(19)11-8-16-12-5-3-2-4-10(11)12/h2-8,16H,1H3,(H,17,19)(H,18,20). The topological polar surface area (TPSA) is 74.0 Å². The minimum Gasteiger partial charge on any atom is -0.360 e. The highest BCUT2D eigenvalue weighted by Crippen LogP contribution is 2.17. The molecule has 3 N–H and O–H groups in total. The summed E-state index contributed by atoms with van der Waals surface area (Å²) >= 11 is 1.34. The minimum atomic E-state index is -0.352. The average Bonchev–Trinajstić information content (AvgIpc) is 3.10. The summed E-state index contributed by atoms with van der Waals surface area (Å²) in [4.78, 5) is 27.7. The van der Waals surface area contributed by atoms with Gasteiger partial charge in [0.25, 0.3) is 11.8 Å². The number of amides is 2. The van der Waals surface area contributed by atoms with E-state index in [1.807, 2.05) is 42.6 Å². The van der Waals surface area contributed by atoms with E-state index in [-0.39, 0.29) is 11.8 Å². The lowest BCUT2D eigenvalue weighted by Gasteiger charge is -2.06. The van der Waals surface area contributed by atoms with Gasteiger partial charge in [-0.05, 0) is 30.0 Å². The number of aryl methyl sites for hydroxylation is 1. The number of rotatable bonds is 2. The number of benzene rings is 1. The minimum absolute atomic E-state index is 0.310. The molecule has 0 atom stereocenters. The Bertz CT molecular complexity index is 819. The largest absolute Gasteiger partial charge is 0.360 e. The third-order valence-corrected chi connectivity index (χ3v) is 4.21. The van der Waals surface area contributed by atoms with E-state index in [1.54, 1.807) is 6.20 Å². The lowest BCUT2D eigenvalue weighted by atomic mass is 10.2. The summed E-state index contributed by atoms with van der Waals surface area (Å²) in [5, 5.41) is 2.66. The molecule has 0 aliphatic carbocycles. The van der Waals surface area contributed by atoms with Crippen LogP contribution in [-0.2, 0) is 0 Å². The van der Waals surface area contributed by atoms with Crippen LogP contribution in [0.4, 0.5) is 0 Å². The van der Waals surface area contributed by atoms with E-state index in [0.717, 1.165) is 16.5 Å². The maximum atomic E-state index is 12.1. The fraction of sp³-hybridized carbons (Fsp3) is 0.0667. The lowest BCUT2D eigenvalue weighted by molar-refractivity contribution is 0.0849. The maximum absolute atomic E-state index is 12.1. The van der Waals surface area contributed by atoms with Crippen LogP contribution in [0.5, 0.6) is 0 Å². The van der Waals surface area contributed by atoms with Gasteiger partial charge in [-0.3, -0.25) is 20.4 Å². The molecule has 106 valence electrons. The predicted octanol–water partition coefficient (Wildman–Crippen LogP) is 2.61. The summed E-state index contributed by atoms with van der Waals surface area (Å²) in [5.41, 5.74) is 7.14. The van der Waals surface area contributed by atoms with Crippen LogP contribution in [0.1, 0.15) is 25.6 Å². The molecule has 2 aromatic heterocycles. The van der Waals surface area contributed by atoms with E-state index >= 15 is 0 Å². The number of H-pyrrole nitrogens is 1. The monoisotopic (exact) mass is 299 g/mol. The SMILES string of the molecule is Cc1ccsc1C(=O)NNC(=O)c1c[nH]c2ccccc12. The van der Waals surface area contributed by atoms with Crippen molar-refractivity contribution in [1.29, 1.82) is 0 Å². The first kappa shape index (κ1) is 13.4. The van der Waals surface area contributed by atoms with Gasteiger partial charge in [0.15, 0.2) is 0 Å². The molecule has 0 radical (unpaired) electrons. The number of hydrogen-bond acceptors (Lipinski definition) is 3. The predicted molar refractivity (Wildman–Crippen MR) is 82.3 cm³/mol. The summed E-state index contributed by atoms with van der Waals surface area (Å²) in [6.07, 6.45) is 1.63. The second-order valence-corrected chi connectivity index (χ2v) is 5.51. The first-order valence-electron chi connectivity index (χ1n) is 6.37. The van der Waals surface area contributed by atoms with Crippen molar-refractivity contribution in [3.63, 3.8) is 0 Å². The number of fused-ring (bicyclic) bond motifs is 1. The summed E-state index contributed by atoms with van der Waals surface area (Å²) in [6, 6.07) is 9.36. The quantitative estimate of drug-likeness (QED) is 0.636. The fourth-order valence-electron chi connectivity index (χ4n) is 2.10. The van der Waals surface area contributed by atoms with Gasteiger partial charge < -0.3 is 4.98 Å². The summed E-state index contributed by atoms with van der Waals surface area (Å²) in [5.74, 6) is -0.661. The summed E-state index contributed by atoms with van der Waals surface area (Å²) < 4.78 is 0. The molecular formula is C15H13N3O2S. The van der Waals surface area contributed by atoms with Crippen LogP contribution in [0.3, 0.4) is 0 Å². The normalized spacial score (nSPS) is 10.5. The van der Waals surface area contributed by atoms with E-state index in [4.69, 9.17) is 0 Å². The van der Waals surface area contributed by atoms with Gasteiger partial charge in [-0.2, -0.15) is 0 Å². The molecule has 5 nitrogen and oxygen atoms in total. The summed E-state index contributed by atoms with van der Waals surface area (Å²) in [7, 11) is 0. The van der Waals surface area contributed by atoms with Crippen LogP contribution < -0.4 is 10.9 Å². The van der Waals surface area contributed by atoms with Crippen molar-refractivity contribution in [2.24, 2.45) is 0 Å². The van der Waals surface area contributed by atoms with E-state index < -0.39 is 0 Å². The van der Waals surface area contributed by atoms with Crippen LogP contribution in [0, 0.1) is 6.92 Å². The molecule has 0 fully saturated rings. The maximum Gasteiger partial charge on any atom is 0.280 e. The van der Waals surface area contributed by atoms with E-state index in [9.17, 15) is 9.59 Å².